The van der Waals surface area contributed by atoms with Gasteiger partial charge in [-0.1, -0.05) is 29.4 Å². The minimum atomic E-state index is -0.699. The number of nitrogens with one attached hydrogen (secondary N) is 1. The Hall–Kier alpha value is -4.32. The molecule has 3 heterocycles. The van der Waals surface area contributed by atoms with Crippen molar-refractivity contribution in [3.05, 3.63) is 104 Å². The molecule has 0 radical (unpaired) electrons. The van der Waals surface area contributed by atoms with Gasteiger partial charge in [-0.15, -0.1) is 0 Å². The van der Waals surface area contributed by atoms with E-state index in [0.717, 1.165) is 16.7 Å². The Labute approximate surface area is 218 Å². The summed E-state index contributed by atoms with van der Waals surface area (Å²) in [6.45, 7) is 0.369. The third-order valence-corrected chi connectivity index (χ3v) is 5.98. The quantitative estimate of drug-likeness (QED) is 0.268. The molecule has 3 aromatic heterocycles. The predicted octanol–water partition coefficient (Wildman–Crippen LogP) is 3.50. The Balaban J connectivity index is 1.29. The fraction of sp³-hybridized carbons (Fsp3) is 0.240. The van der Waals surface area contributed by atoms with Gasteiger partial charge in [-0.05, 0) is 41.8 Å². The number of aromatic amines is 1. The van der Waals surface area contributed by atoms with Crippen LogP contribution in [0.3, 0.4) is 0 Å². The van der Waals surface area contributed by atoms with Gasteiger partial charge in [0.15, 0.2) is 17.0 Å². The largest absolute Gasteiger partial charge is 0.492 e. The average Bonchev–Trinajstić information content (AvgIpc) is 3.52. The molecule has 13 heteroatoms. The van der Waals surface area contributed by atoms with Gasteiger partial charge < -0.3 is 14.2 Å². The minimum Gasteiger partial charge on any atom is -0.492 e. The zero-order valence-electron chi connectivity index (χ0n) is 19.9. The Kier molecular flexibility index (Phi) is 7.31. The molecule has 0 saturated heterocycles. The van der Waals surface area contributed by atoms with Crippen molar-refractivity contribution in [3.8, 4) is 5.75 Å². The Morgan fingerprint density at radius 3 is 2.63 bits per heavy atom. The number of aromatic nitrogens is 6. The van der Waals surface area contributed by atoms with Crippen molar-refractivity contribution in [3.63, 3.8) is 0 Å². The first-order valence-corrected chi connectivity index (χ1v) is 12.1. The van der Waals surface area contributed by atoms with Gasteiger partial charge in [0.1, 0.15) is 24.0 Å². The van der Waals surface area contributed by atoms with Gasteiger partial charge in [-0.25, -0.2) is 13.6 Å². The number of para-hydroxylation sites is 1. The molecule has 0 saturated carbocycles. The van der Waals surface area contributed by atoms with Gasteiger partial charge in [-0.3, -0.25) is 13.9 Å². The van der Waals surface area contributed by atoms with Crippen LogP contribution in [0.5, 0.6) is 5.75 Å². The van der Waals surface area contributed by atoms with E-state index in [1.807, 2.05) is 18.2 Å². The maximum atomic E-state index is 13.9. The van der Waals surface area contributed by atoms with Gasteiger partial charge in [0, 0.05) is 25.5 Å². The highest BCUT2D eigenvalue weighted by atomic mass is 35.5. The Bertz CT molecular complexity index is 1700. The molecule has 10 nitrogen and oxygen atoms in total. The van der Waals surface area contributed by atoms with E-state index < -0.39 is 22.9 Å². The number of hydrogen-bond donors (Lipinski definition) is 1. The summed E-state index contributed by atoms with van der Waals surface area (Å²) in [5, 5.41) is 3.82. The van der Waals surface area contributed by atoms with Crippen LogP contribution in [0.15, 0.2) is 62.6 Å². The van der Waals surface area contributed by atoms with Crippen molar-refractivity contribution >= 4 is 22.8 Å². The summed E-state index contributed by atoms with van der Waals surface area (Å²) in [5.41, 5.74) is -0.625. The SMILES string of the molecule is O=c1c2[nH]c(Cl)nc2n(CCOc2ccccc2)c(=O)n1CCCc1nc(Cc2ccc(F)cc2F)no1. The second kappa shape index (κ2) is 11.0. The Morgan fingerprint density at radius 1 is 1.03 bits per heavy atom. The second-order valence-electron chi connectivity index (χ2n) is 8.40. The van der Waals surface area contributed by atoms with Gasteiger partial charge in [0.25, 0.3) is 5.56 Å². The van der Waals surface area contributed by atoms with E-state index in [0.29, 0.717) is 12.2 Å². The number of aryl methyl sites for hydroxylation is 1. The van der Waals surface area contributed by atoms with Crippen LogP contribution in [0.4, 0.5) is 8.78 Å². The van der Waals surface area contributed by atoms with Crippen LogP contribution >= 0.6 is 11.6 Å². The zero-order chi connectivity index (χ0) is 26.6. The molecule has 0 unspecified atom stereocenters. The molecule has 196 valence electrons. The van der Waals surface area contributed by atoms with Gasteiger partial charge >= 0.3 is 5.69 Å². The van der Waals surface area contributed by atoms with Crippen LogP contribution in [0, 0.1) is 11.6 Å². The highest BCUT2D eigenvalue weighted by molar-refractivity contribution is 6.28. The van der Waals surface area contributed by atoms with Crippen molar-refractivity contribution in [2.45, 2.75) is 32.4 Å². The average molecular weight is 543 g/mol. The lowest BCUT2D eigenvalue weighted by molar-refractivity contribution is 0.295. The Morgan fingerprint density at radius 2 is 1.84 bits per heavy atom. The summed E-state index contributed by atoms with van der Waals surface area (Å²) in [5.74, 6) is -0.231. The number of rotatable bonds is 10. The molecule has 1 N–H and O–H groups in total. The molecular weight excluding hydrogens is 522 g/mol. The highest BCUT2D eigenvalue weighted by Crippen LogP contribution is 2.14. The first kappa shape index (κ1) is 25.3. The smallest absolute Gasteiger partial charge is 0.332 e. The van der Waals surface area contributed by atoms with Crippen LogP contribution < -0.4 is 16.0 Å². The number of hydrogen-bond acceptors (Lipinski definition) is 7. The number of imidazole rings is 1. The lowest BCUT2D eigenvalue weighted by Gasteiger charge is -2.12. The van der Waals surface area contributed by atoms with Gasteiger partial charge in [0.05, 0.1) is 6.54 Å². The lowest BCUT2D eigenvalue weighted by atomic mass is 10.1. The molecule has 2 aromatic carbocycles. The van der Waals surface area contributed by atoms with E-state index in [1.165, 1.54) is 10.6 Å². The topological polar surface area (TPSA) is 121 Å². The molecule has 5 rings (SSSR count). The monoisotopic (exact) mass is 542 g/mol. The first-order chi connectivity index (χ1) is 18.4. The molecule has 0 bridgehead atoms. The van der Waals surface area contributed by atoms with E-state index in [2.05, 4.69) is 20.1 Å². The lowest BCUT2D eigenvalue weighted by Crippen LogP contribution is -2.41. The summed E-state index contributed by atoms with van der Waals surface area (Å²) in [7, 11) is 0. The van der Waals surface area contributed by atoms with E-state index in [1.54, 1.807) is 12.1 Å². The molecule has 0 atom stereocenters. The summed E-state index contributed by atoms with van der Waals surface area (Å²) in [4.78, 5) is 37.2. The summed E-state index contributed by atoms with van der Waals surface area (Å²) in [6, 6.07) is 12.4. The van der Waals surface area contributed by atoms with E-state index in [9.17, 15) is 18.4 Å². The third kappa shape index (κ3) is 5.49. The van der Waals surface area contributed by atoms with Crippen LogP contribution in [0.25, 0.3) is 11.2 Å². The van der Waals surface area contributed by atoms with Crippen LogP contribution in [0.1, 0.15) is 23.7 Å². The molecule has 38 heavy (non-hydrogen) atoms. The molecule has 0 amide bonds. The molecular formula is C25H21ClF2N6O4. The molecule has 0 aliphatic heterocycles. The maximum Gasteiger partial charge on any atom is 0.332 e. The van der Waals surface area contributed by atoms with Gasteiger partial charge in [0.2, 0.25) is 11.2 Å². The van der Waals surface area contributed by atoms with Gasteiger partial charge in [-0.2, -0.15) is 9.97 Å². The van der Waals surface area contributed by atoms with Crippen LogP contribution in [-0.4, -0.2) is 35.8 Å². The molecule has 0 fully saturated rings. The first-order valence-electron chi connectivity index (χ1n) is 11.7. The minimum absolute atomic E-state index is 0.0111. The number of ether oxygens (including phenoxy) is 1. The number of halogens is 3. The highest BCUT2D eigenvalue weighted by Gasteiger charge is 2.18. The molecule has 5 aromatic rings. The van der Waals surface area contributed by atoms with Crippen molar-refractivity contribution in [2.75, 3.05) is 6.61 Å². The maximum absolute atomic E-state index is 13.9. The predicted molar refractivity (Wildman–Crippen MR) is 133 cm³/mol. The molecule has 0 spiro atoms. The number of H-pyrrole nitrogens is 1. The fourth-order valence-corrected chi connectivity index (χ4v) is 4.17. The third-order valence-electron chi connectivity index (χ3n) is 5.81. The fourth-order valence-electron chi connectivity index (χ4n) is 4.00. The van der Waals surface area contributed by atoms with Crippen LogP contribution in [-0.2, 0) is 25.9 Å². The van der Waals surface area contributed by atoms with Crippen molar-refractivity contribution < 1.29 is 18.0 Å². The summed E-state index contributed by atoms with van der Waals surface area (Å²) < 4.78 is 40.4. The van der Waals surface area contributed by atoms with Crippen molar-refractivity contribution in [1.29, 1.82) is 0 Å². The van der Waals surface area contributed by atoms with Crippen molar-refractivity contribution in [2.24, 2.45) is 0 Å². The molecule has 0 aliphatic rings. The standard InChI is InChI=1S/C25H21ClF2N6O4/c26-24-30-21-22(31-24)33(11-12-37-17-5-2-1-3-6-17)25(36)34(23(21)35)10-4-7-20-29-19(32-38-20)13-15-8-9-16(27)14-18(15)28/h1-3,5-6,8-9,14H,4,7,10-13H2,(H,30,31). The zero-order valence-corrected chi connectivity index (χ0v) is 20.6. The number of nitrogens with zero attached hydrogens (tertiary/aromatic N) is 5. The van der Waals surface area contributed by atoms with E-state index in [-0.39, 0.29) is 66.3 Å². The number of fused-ring (bicyclic) bond motifs is 1. The second-order valence-corrected chi connectivity index (χ2v) is 8.76. The summed E-state index contributed by atoms with van der Waals surface area (Å²) in [6.07, 6.45) is 0.626. The normalized spacial score (nSPS) is 11.3. The van der Waals surface area contributed by atoms with Crippen LogP contribution in [0.2, 0.25) is 5.28 Å². The molecule has 0 aliphatic carbocycles. The number of benzene rings is 2. The summed E-state index contributed by atoms with van der Waals surface area (Å²) >= 11 is 5.99. The van der Waals surface area contributed by atoms with E-state index >= 15 is 0 Å². The van der Waals surface area contributed by atoms with Crippen molar-refractivity contribution in [1.82, 2.24) is 29.2 Å². The van der Waals surface area contributed by atoms with E-state index in [4.69, 9.17) is 20.9 Å².